The highest BCUT2D eigenvalue weighted by atomic mass is 16.2. The van der Waals surface area contributed by atoms with Gasteiger partial charge in [-0.2, -0.15) is 0 Å². The average molecular weight is 387 g/mol. The third kappa shape index (κ3) is 3.12. The molecule has 1 N–H and O–H groups in total. The maximum atomic E-state index is 13.0. The lowest BCUT2D eigenvalue weighted by atomic mass is 10.1. The molecule has 7 nitrogen and oxygen atoms in total. The number of imide groups is 2. The van der Waals surface area contributed by atoms with Crippen LogP contribution in [0, 0.1) is 6.92 Å². The fourth-order valence-corrected chi connectivity index (χ4v) is 3.40. The Labute approximate surface area is 166 Å². The molecule has 0 unspecified atom stereocenters. The summed E-state index contributed by atoms with van der Waals surface area (Å²) >= 11 is 0. The number of nitrogens with one attached hydrogen (secondary N) is 1. The molecule has 1 aliphatic rings. The Morgan fingerprint density at radius 1 is 1.03 bits per heavy atom. The molecule has 1 fully saturated rings. The Hall–Kier alpha value is -4.00. The minimum absolute atomic E-state index is 0.183. The molecule has 0 saturated carbocycles. The second-order valence-corrected chi connectivity index (χ2v) is 6.79. The van der Waals surface area contributed by atoms with Gasteiger partial charge in [-0.1, -0.05) is 30.3 Å². The van der Waals surface area contributed by atoms with Crippen LogP contribution in [-0.4, -0.2) is 28.3 Å². The van der Waals surface area contributed by atoms with Crippen molar-refractivity contribution in [3.8, 4) is 0 Å². The zero-order valence-electron chi connectivity index (χ0n) is 15.8. The zero-order valence-corrected chi connectivity index (χ0v) is 15.8. The summed E-state index contributed by atoms with van der Waals surface area (Å²) in [6.45, 7) is 3.27. The first-order chi connectivity index (χ1) is 13.9. The van der Waals surface area contributed by atoms with Crippen LogP contribution in [0.25, 0.3) is 17.0 Å². The van der Waals surface area contributed by atoms with E-state index in [0.717, 1.165) is 15.8 Å². The topological polar surface area (TPSA) is 88.5 Å². The van der Waals surface area contributed by atoms with Crippen molar-refractivity contribution < 1.29 is 19.2 Å². The zero-order chi connectivity index (χ0) is 20.7. The highest BCUT2D eigenvalue weighted by Crippen LogP contribution is 2.26. The van der Waals surface area contributed by atoms with E-state index in [1.54, 1.807) is 48.7 Å². The van der Waals surface area contributed by atoms with Crippen molar-refractivity contribution in [2.24, 2.45) is 0 Å². The Balaban J connectivity index is 1.84. The normalized spacial score (nSPS) is 15.9. The molecule has 0 aliphatic carbocycles. The lowest BCUT2D eigenvalue weighted by Gasteiger charge is -2.26. The molecule has 144 valence electrons. The van der Waals surface area contributed by atoms with Gasteiger partial charge in [0.05, 0.1) is 11.2 Å². The Morgan fingerprint density at radius 2 is 1.79 bits per heavy atom. The van der Waals surface area contributed by atoms with Gasteiger partial charge in [0.2, 0.25) is 5.91 Å². The van der Waals surface area contributed by atoms with Gasteiger partial charge in [-0.15, -0.1) is 0 Å². The highest BCUT2D eigenvalue weighted by molar-refractivity contribution is 6.39. The predicted octanol–water partition coefficient (Wildman–Crippen LogP) is 3.28. The first-order valence-electron chi connectivity index (χ1n) is 8.96. The summed E-state index contributed by atoms with van der Waals surface area (Å²) in [5, 5.41) is 2.93. The largest absolute Gasteiger partial charge is 0.335 e. The van der Waals surface area contributed by atoms with Crippen molar-refractivity contribution in [3.05, 3.63) is 71.4 Å². The Bertz CT molecular complexity index is 1240. The molecule has 1 aliphatic heterocycles. The van der Waals surface area contributed by atoms with E-state index in [1.807, 2.05) is 13.0 Å². The van der Waals surface area contributed by atoms with E-state index >= 15 is 0 Å². The van der Waals surface area contributed by atoms with Gasteiger partial charge in [0, 0.05) is 24.1 Å². The van der Waals surface area contributed by atoms with Crippen molar-refractivity contribution in [1.82, 2.24) is 9.88 Å². The van der Waals surface area contributed by atoms with Gasteiger partial charge >= 0.3 is 6.03 Å². The van der Waals surface area contributed by atoms with Crippen molar-refractivity contribution in [3.63, 3.8) is 0 Å². The number of para-hydroxylation sites is 1. The smallest absolute Gasteiger partial charge is 0.287 e. The van der Waals surface area contributed by atoms with Crippen molar-refractivity contribution in [1.29, 1.82) is 0 Å². The van der Waals surface area contributed by atoms with E-state index in [4.69, 9.17) is 0 Å². The van der Waals surface area contributed by atoms with Gasteiger partial charge in [-0.3, -0.25) is 24.3 Å². The number of fused-ring (bicyclic) bond motifs is 1. The van der Waals surface area contributed by atoms with Gasteiger partial charge in [-0.25, -0.2) is 9.69 Å². The van der Waals surface area contributed by atoms with Gasteiger partial charge in [0.1, 0.15) is 5.57 Å². The number of hydrogen-bond acceptors (Lipinski definition) is 4. The predicted molar refractivity (Wildman–Crippen MR) is 108 cm³/mol. The molecule has 29 heavy (non-hydrogen) atoms. The first kappa shape index (κ1) is 18.4. The van der Waals surface area contributed by atoms with E-state index in [1.165, 1.54) is 17.6 Å². The lowest BCUT2D eigenvalue weighted by Crippen LogP contribution is -2.54. The Kier molecular flexibility index (Phi) is 4.35. The number of anilines is 1. The molecule has 3 aromatic rings. The summed E-state index contributed by atoms with van der Waals surface area (Å²) in [5.41, 5.74) is 2.26. The van der Waals surface area contributed by atoms with E-state index in [2.05, 4.69) is 5.32 Å². The average Bonchev–Trinajstić information content (AvgIpc) is 3.04. The van der Waals surface area contributed by atoms with E-state index in [-0.39, 0.29) is 11.5 Å². The summed E-state index contributed by atoms with van der Waals surface area (Å²) in [5.74, 6) is -1.69. The van der Waals surface area contributed by atoms with Crippen LogP contribution < -0.4 is 10.2 Å². The number of urea groups is 1. The molecule has 1 aromatic heterocycles. The van der Waals surface area contributed by atoms with Crippen LogP contribution in [0.5, 0.6) is 0 Å². The SMILES string of the molecule is CC(=O)n1cc(/C=C2\C(=O)NC(=O)N(c3cccc(C)c3)C2=O)c2ccccc21. The number of amides is 4. The van der Waals surface area contributed by atoms with Gasteiger partial charge < -0.3 is 0 Å². The second-order valence-electron chi connectivity index (χ2n) is 6.79. The molecule has 0 bridgehead atoms. The first-order valence-corrected chi connectivity index (χ1v) is 8.96. The van der Waals surface area contributed by atoms with Gasteiger partial charge in [0.15, 0.2) is 0 Å². The van der Waals surface area contributed by atoms with E-state index < -0.39 is 17.8 Å². The van der Waals surface area contributed by atoms with Crippen LogP contribution in [0.15, 0.2) is 60.3 Å². The molecular weight excluding hydrogens is 370 g/mol. The molecule has 2 aromatic carbocycles. The number of benzene rings is 2. The third-order valence-electron chi connectivity index (χ3n) is 4.74. The molecule has 0 spiro atoms. The van der Waals surface area contributed by atoms with E-state index in [0.29, 0.717) is 16.8 Å². The monoisotopic (exact) mass is 387 g/mol. The fourth-order valence-electron chi connectivity index (χ4n) is 3.40. The number of carbonyl (C=O) groups excluding carboxylic acids is 4. The molecule has 2 heterocycles. The van der Waals surface area contributed by atoms with E-state index in [9.17, 15) is 19.2 Å². The summed E-state index contributed by atoms with van der Waals surface area (Å²) in [7, 11) is 0. The summed E-state index contributed by atoms with van der Waals surface area (Å²) in [6, 6.07) is 13.3. The maximum Gasteiger partial charge on any atom is 0.335 e. The van der Waals surface area contributed by atoms with Crippen LogP contribution in [0.4, 0.5) is 10.5 Å². The minimum atomic E-state index is -0.797. The number of rotatable bonds is 2. The van der Waals surface area contributed by atoms with Crippen molar-refractivity contribution in [2.75, 3.05) is 4.90 Å². The summed E-state index contributed by atoms with van der Waals surface area (Å²) in [4.78, 5) is 50.7. The number of nitrogens with zero attached hydrogens (tertiary/aromatic N) is 2. The lowest BCUT2D eigenvalue weighted by molar-refractivity contribution is -0.122. The molecular formula is C22H17N3O4. The summed E-state index contributed by atoms with van der Waals surface area (Å²) < 4.78 is 1.45. The molecule has 1 saturated heterocycles. The third-order valence-corrected chi connectivity index (χ3v) is 4.74. The number of barbiturate groups is 1. The quantitative estimate of drug-likeness (QED) is 0.540. The van der Waals surface area contributed by atoms with Crippen LogP contribution in [0.3, 0.4) is 0 Å². The van der Waals surface area contributed by atoms with Crippen LogP contribution in [0.1, 0.15) is 22.8 Å². The van der Waals surface area contributed by atoms with Crippen LogP contribution in [0.2, 0.25) is 0 Å². The van der Waals surface area contributed by atoms with Crippen LogP contribution >= 0.6 is 0 Å². The number of aromatic nitrogens is 1. The maximum absolute atomic E-state index is 13.0. The van der Waals surface area contributed by atoms with Gasteiger partial charge in [-0.05, 0) is 36.8 Å². The van der Waals surface area contributed by atoms with Crippen LogP contribution in [-0.2, 0) is 9.59 Å². The Morgan fingerprint density at radius 3 is 2.52 bits per heavy atom. The number of aryl methyl sites for hydroxylation is 1. The molecule has 4 rings (SSSR count). The molecule has 0 atom stereocenters. The second kappa shape index (κ2) is 6.87. The number of hydrogen-bond donors (Lipinski definition) is 1. The van der Waals surface area contributed by atoms with Crippen molar-refractivity contribution in [2.45, 2.75) is 13.8 Å². The molecule has 7 heteroatoms. The summed E-state index contributed by atoms with van der Waals surface area (Å²) in [6.07, 6.45) is 2.99. The fraction of sp³-hybridized carbons (Fsp3) is 0.0909. The highest BCUT2D eigenvalue weighted by Gasteiger charge is 2.37. The molecule has 4 amide bonds. The van der Waals surface area contributed by atoms with Gasteiger partial charge in [0.25, 0.3) is 11.8 Å². The number of carbonyl (C=O) groups is 4. The standard InChI is InChI=1S/C22H17N3O4/c1-13-6-5-7-16(10-13)25-21(28)18(20(27)23-22(25)29)11-15-12-24(14(2)26)19-9-4-3-8-17(15)19/h3-12H,1-2H3,(H,23,27,29)/b18-11+. The molecule has 0 radical (unpaired) electrons. The minimum Gasteiger partial charge on any atom is -0.287 e. The van der Waals surface area contributed by atoms with Crippen molar-refractivity contribution >= 4 is 46.4 Å².